The molecule has 1 unspecified atom stereocenters. The van der Waals surface area contributed by atoms with E-state index in [-0.39, 0.29) is 0 Å². The number of nitrogens with zero attached hydrogens (tertiary/aromatic N) is 1. The normalized spacial score (nSPS) is 22.6. The third-order valence-electron chi connectivity index (χ3n) is 1.51. The molecular weight excluding hydrogens is 142 g/mol. The van der Waals surface area contributed by atoms with Gasteiger partial charge in [0.2, 0.25) is 0 Å². The first-order valence-corrected chi connectivity index (χ1v) is 4.31. The highest BCUT2D eigenvalue weighted by Gasteiger charge is 2.17. The summed E-state index contributed by atoms with van der Waals surface area (Å²) in [4.78, 5) is 0. The number of hydrogen-bond acceptors (Lipinski definition) is 2. The lowest BCUT2D eigenvalue weighted by Crippen LogP contribution is -1.92. The third kappa shape index (κ3) is 1.52. The van der Waals surface area contributed by atoms with Crippen molar-refractivity contribution in [1.29, 1.82) is 0 Å². The van der Waals surface area contributed by atoms with Crippen molar-refractivity contribution in [1.82, 2.24) is 4.31 Å². The molecular formula is C8H9NS. The van der Waals surface area contributed by atoms with Crippen LogP contribution in [0.25, 0.3) is 0 Å². The Morgan fingerprint density at radius 2 is 2.00 bits per heavy atom. The van der Waals surface area contributed by atoms with E-state index in [1.807, 2.05) is 11.9 Å². The highest BCUT2D eigenvalue weighted by molar-refractivity contribution is 8.02. The van der Waals surface area contributed by atoms with Crippen molar-refractivity contribution >= 4 is 11.9 Å². The highest BCUT2D eigenvalue weighted by Crippen LogP contribution is 2.29. The minimum Gasteiger partial charge on any atom is -0.234 e. The number of rotatable bonds is 2. The first-order chi connectivity index (χ1) is 4.95. The second-order valence-corrected chi connectivity index (χ2v) is 3.42. The summed E-state index contributed by atoms with van der Waals surface area (Å²) in [5, 5.41) is 0. The van der Waals surface area contributed by atoms with Gasteiger partial charge in [-0.15, -0.1) is 0 Å². The van der Waals surface area contributed by atoms with Crippen molar-refractivity contribution in [3.8, 4) is 0 Å². The summed E-state index contributed by atoms with van der Waals surface area (Å²) in [7, 11) is 0. The Balaban J connectivity index is 2.03. The molecule has 0 saturated carbocycles. The van der Waals surface area contributed by atoms with Crippen molar-refractivity contribution in [2.45, 2.75) is 6.54 Å². The Morgan fingerprint density at radius 1 is 1.30 bits per heavy atom. The van der Waals surface area contributed by atoms with Crippen LogP contribution in [0.15, 0.2) is 30.3 Å². The van der Waals surface area contributed by atoms with Crippen molar-refractivity contribution in [2.75, 3.05) is 5.88 Å². The van der Waals surface area contributed by atoms with Crippen molar-refractivity contribution < 1.29 is 0 Å². The van der Waals surface area contributed by atoms with Crippen LogP contribution in [0.5, 0.6) is 0 Å². The monoisotopic (exact) mass is 151 g/mol. The SMILES string of the molecule is c1ccc(CN2CS2)cc1. The van der Waals surface area contributed by atoms with E-state index in [9.17, 15) is 0 Å². The van der Waals surface area contributed by atoms with Crippen LogP contribution >= 0.6 is 11.9 Å². The molecule has 1 saturated heterocycles. The molecule has 1 aromatic rings. The Kier molecular flexibility index (Phi) is 1.65. The molecule has 0 bridgehead atoms. The summed E-state index contributed by atoms with van der Waals surface area (Å²) < 4.78 is 2.33. The highest BCUT2D eigenvalue weighted by atomic mass is 32.2. The van der Waals surface area contributed by atoms with Gasteiger partial charge in [-0.2, -0.15) is 0 Å². The van der Waals surface area contributed by atoms with Gasteiger partial charge in [-0.25, -0.2) is 4.31 Å². The number of benzene rings is 1. The molecule has 0 amide bonds. The zero-order chi connectivity index (χ0) is 6.81. The maximum absolute atomic E-state index is 2.33. The lowest BCUT2D eigenvalue weighted by atomic mass is 10.2. The molecule has 10 heavy (non-hydrogen) atoms. The molecule has 1 aliphatic heterocycles. The van der Waals surface area contributed by atoms with Gasteiger partial charge in [-0.05, 0) is 5.56 Å². The van der Waals surface area contributed by atoms with Crippen LogP contribution in [0.2, 0.25) is 0 Å². The van der Waals surface area contributed by atoms with Crippen LogP contribution in [0.1, 0.15) is 5.56 Å². The standard InChI is InChI=1S/C8H9NS/c1-2-4-8(5-3-1)6-9-7-10-9/h1-5H,6-7H2. The zero-order valence-corrected chi connectivity index (χ0v) is 6.47. The fourth-order valence-corrected chi connectivity index (χ4v) is 1.33. The molecule has 1 fully saturated rings. The van der Waals surface area contributed by atoms with Crippen LogP contribution in [0.3, 0.4) is 0 Å². The van der Waals surface area contributed by atoms with Crippen molar-refractivity contribution in [3.63, 3.8) is 0 Å². The molecule has 1 aliphatic rings. The lowest BCUT2D eigenvalue weighted by Gasteiger charge is -1.96. The van der Waals surface area contributed by atoms with E-state index < -0.39 is 0 Å². The van der Waals surface area contributed by atoms with E-state index in [0.29, 0.717) is 0 Å². The van der Waals surface area contributed by atoms with Crippen molar-refractivity contribution in [3.05, 3.63) is 35.9 Å². The maximum atomic E-state index is 2.33. The average molecular weight is 151 g/mol. The van der Waals surface area contributed by atoms with E-state index in [4.69, 9.17) is 0 Å². The zero-order valence-electron chi connectivity index (χ0n) is 5.66. The molecule has 1 atom stereocenters. The van der Waals surface area contributed by atoms with E-state index in [2.05, 4.69) is 34.6 Å². The van der Waals surface area contributed by atoms with Crippen LogP contribution in [0, 0.1) is 0 Å². The Labute approximate surface area is 65.2 Å². The van der Waals surface area contributed by atoms with Gasteiger partial charge in [0, 0.05) is 6.54 Å². The van der Waals surface area contributed by atoms with Gasteiger partial charge in [0.25, 0.3) is 0 Å². The van der Waals surface area contributed by atoms with Crippen LogP contribution in [-0.4, -0.2) is 10.2 Å². The predicted molar refractivity (Wildman–Crippen MR) is 44.4 cm³/mol. The average Bonchev–Trinajstić information content (AvgIpc) is 2.74. The summed E-state index contributed by atoms with van der Waals surface area (Å²) in [6.07, 6.45) is 0. The van der Waals surface area contributed by atoms with Crippen LogP contribution in [0.4, 0.5) is 0 Å². The van der Waals surface area contributed by atoms with Gasteiger partial charge in [-0.3, -0.25) is 0 Å². The summed E-state index contributed by atoms with van der Waals surface area (Å²) in [5.41, 5.74) is 1.41. The molecule has 2 heteroatoms. The Morgan fingerprint density at radius 3 is 2.60 bits per heavy atom. The number of hydrogen-bond donors (Lipinski definition) is 0. The molecule has 0 aromatic heterocycles. The predicted octanol–water partition coefficient (Wildman–Crippen LogP) is 2.11. The third-order valence-corrected chi connectivity index (χ3v) is 2.27. The smallest absolute Gasteiger partial charge is 0.0698 e. The quantitative estimate of drug-likeness (QED) is 0.470. The van der Waals surface area contributed by atoms with Gasteiger partial charge in [-0.1, -0.05) is 42.3 Å². The minimum absolute atomic E-state index is 1.10. The molecule has 1 aromatic carbocycles. The molecule has 0 radical (unpaired) electrons. The molecule has 0 spiro atoms. The maximum Gasteiger partial charge on any atom is 0.0698 e. The van der Waals surface area contributed by atoms with Gasteiger partial charge < -0.3 is 0 Å². The van der Waals surface area contributed by atoms with E-state index in [1.165, 1.54) is 11.4 Å². The summed E-state index contributed by atoms with van der Waals surface area (Å²) in [6, 6.07) is 10.6. The van der Waals surface area contributed by atoms with Gasteiger partial charge in [0.1, 0.15) is 0 Å². The second-order valence-electron chi connectivity index (χ2n) is 2.38. The molecule has 2 rings (SSSR count). The van der Waals surface area contributed by atoms with E-state index in [0.717, 1.165) is 6.54 Å². The van der Waals surface area contributed by atoms with Crippen molar-refractivity contribution in [2.24, 2.45) is 0 Å². The van der Waals surface area contributed by atoms with Crippen LogP contribution in [-0.2, 0) is 6.54 Å². The first-order valence-electron chi connectivity index (χ1n) is 3.37. The second kappa shape index (κ2) is 2.64. The lowest BCUT2D eigenvalue weighted by molar-refractivity contribution is 0.628. The molecule has 1 heterocycles. The topological polar surface area (TPSA) is 3.01 Å². The van der Waals surface area contributed by atoms with Crippen LogP contribution < -0.4 is 0 Å². The fraction of sp³-hybridized carbons (Fsp3) is 0.250. The first kappa shape index (κ1) is 6.25. The Hall–Kier alpha value is -0.470. The summed E-state index contributed by atoms with van der Waals surface area (Å²) >= 11 is 1.90. The Bertz CT molecular complexity index is 206. The molecule has 0 aliphatic carbocycles. The van der Waals surface area contributed by atoms with Gasteiger partial charge >= 0.3 is 0 Å². The van der Waals surface area contributed by atoms with Gasteiger partial charge in [0.05, 0.1) is 5.88 Å². The van der Waals surface area contributed by atoms with Gasteiger partial charge in [0.15, 0.2) is 0 Å². The van der Waals surface area contributed by atoms with E-state index in [1.54, 1.807) is 0 Å². The molecule has 0 N–H and O–H groups in total. The molecule has 1 nitrogen and oxygen atoms in total. The molecule has 52 valence electrons. The summed E-state index contributed by atoms with van der Waals surface area (Å²) in [6.45, 7) is 1.10. The summed E-state index contributed by atoms with van der Waals surface area (Å²) in [5.74, 6) is 1.20. The minimum atomic E-state index is 1.10. The largest absolute Gasteiger partial charge is 0.234 e. The van der Waals surface area contributed by atoms with E-state index >= 15 is 0 Å². The fourth-order valence-electron chi connectivity index (χ4n) is 0.919.